The number of carbonyl (C=O) groups excluding carboxylic acids is 4. The van der Waals surface area contributed by atoms with Gasteiger partial charge in [-0.25, -0.2) is 17.6 Å². The number of allylic oxidation sites excluding steroid dienone is 1. The molecule has 1 saturated heterocycles. The molecule has 0 aromatic carbocycles. The zero-order valence-corrected chi connectivity index (χ0v) is 28.4. The smallest absolute Gasteiger partial charge is 0.427 e. The van der Waals surface area contributed by atoms with Gasteiger partial charge in [-0.15, -0.1) is 0 Å². The lowest BCUT2D eigenvalue weighted by Crippen LogP contribution is -2.60. The molecule has 4 rings (SSSR count). The van der Waals surface area contributed by atoms with E-state index in [1.807, 2.05) is 11.6 Å². The molecule has 0 aromatic heterocycles. The molecule has 2 saturated carbocycles. The minimum Gasteiger partial charge on any atom is -0.434 e. The second kappa shape index (κ2) is 12.4. The molecule has 11 nitrogen and oxygen atoms in total. The number of halogens is 5. The average Bonchev–Trinajstić information content (AvgIpc) is 3.83. The standard InChI is InChI=1S/C28H39F4IN4O7S/c1-15-7-5-6-8-17-12-27(17,23(40)36-45(42,43)26(14-29)9-10-26)35-21(38)19-11-18(33)13-37(19)22(39)20(16(15)2)34-24(41)44-25(3,4)28(30,31)32/h6,8,15-20H,5,7,9-14H2,1-4H3,(H,34,41)(H,35,38)(H,36,40)/b8-6-/t15-,16-,17-,18-,19+,20+,27-/m1/s1. The molecule has 3 fully saturated rings. The lowest BCUT2D eigenvalue weighted by molar-refractivity contribution is -0.244. The first-order valence-electron chi connectivity index (χ1n) is 14.8. The van der Waals surface area contributed by atoms with E-state index in [9.17, 15) is 45.2 Å². The maximum absolute atomic E-state index is 14.0. The average molecular weight is 779 g/mol. The Balaban J connectivity index is 1.62. The first-order valence-corrected chi connectivity index (χ1v) is 17.6. The van der Waals surface area contributed by atoms with Gasteiger partial charge in [0, 0.05) is 16.4 Å². The molecule has 7 atom stereocenters. The summed E-state index contributed by atoms with van der Waals surface area (Å²) in [5, 5.41) is 5.00. The Morgan fingerprint density at radius 1 is 1.20 bits per heavy atom. The number of nitrogens with zero attached hydrogens (tertiary/aromatic N) is 1. The van der Waals surface area contributed by atoms with E-state index < -0.39 is 86.5 Å². The third-order valence-corrected chi connectivity index (χ3v) is 12.6. The molecule has 0 bridgehead atoms. The van der Waals surface area contributed by atoms with E-state index in [0.717, 1.165) is 0 Å². The predicted molar refractivity (Wildman–Crippen MR) is 162 cm³/mol. The van der Waals surface area contributed by atoms with Gasteiger partial charge >= 0.3 is 12.3 Å². The number of alkyl carbamates (subject to hydrolysis) is 1. The highest BCUT2D eigenvalue weighted by molar-refractivity contribution is 14.1. The number of hydrogen-bond acceptors (Lipinski definition) is 7. The molecule has 0 unspecified atom stereocenters. The maximum Gasteiger partial charge on any atom is 0.427 e. The fourth-order valence-electron chi connectivity index (χ4n) is 5.75. The highest BCUT2D eigenvalue weighted by Gasteiger charge is 2.64. The number of amides is 4. The molecule has 0 spiro atoms. The number of nitrogens with one attached hydrogen (secondary N) is 3. The third kappa shape index (κ3) is 7.07. The van der Waals surface area contributed by atoms with Gasteiger partial charge in [0.25, 0.3) is 5.91 Å². The van der Waals surface area contributed by atoms with Gasteiger partial charge < -0.3 is 20.3 Å². The van der Waals surface area contributed by atoms with Crippen molar-refractivity contribution in [3.8, 4) is 0 Å². The van der Waals surface area contributed by atoms with Crippen LogP contribution in [0.1, 0.15) is 66.2 Å². The van der Waals surface area contributed by atoms with E-state index in [-0.39, 0.29) is 42.1 Å². The molecule has 0 aromatic rings. The van der Waals surface area contributed by atoms with E-state index in [1.165, 1.54) is 4.90 Å². The van der Waals surface area contributed by atoms with Crippen molar-refractivity contribution < 1.29 is 49.9 Å². The molecule has 254 valence electrons. The second-order valence-electron chi connectivity index (χ2n) is 13.2. The van der Waals surface area contributed by atoms with Gasteiger partial charge in [0.05, 0.1) is 0 Å². The molecule has 2 aliphatic heterocycles. The highest BCUT2D eigenvalue weighted by atomic mass is 127. The van der Waals surface area contributed by atoms with Crippen LogP contribution in [-0.2, 0) is 29.1 Å². The van der Waals surface area contributed by atoms with Crippen molar-refractivity contribution >= 4 is 56.4 Å². The molecule has 4 amide bonds. The summed E-state index contributed by atoms with van der Waals surface area (Å²) in [5.74, 6) is -3.77. The van der Waals surface area contributed by atoms with Crippen molar-refractivity contribution in [3.05, 3.63) is 12.2 Å². The van der Waals surface area contributed by atoms with Gasteiger partial charge in [-0.1, -0.05) is 48.6 Å². The van der Waals surface area contributed by atoms with Crippen LogP contribution in [-0.4, -0.2) is 88.4 Å². The van der Waals surface area contributed by atoms with Crippen molar-refractivity contribution in [2.45, 2.75) is 104 Å². The molecule has 3 N–H and O–H groups in total. The van der Waals surface area contributed by atoms with Crippen LogP contribution >= 0.6 is 22.6 Å². The number of rotatable bonds is 6. The number of carbonyl (C=O) groups is 4. The lowest BCUT2D eigenvalue weighted by atomic mass is 9.85. The van der Waals surface area contributed by atoms with E-state index in [4.69, 9.17) is 0 Å². The number of sulfonamides is 1. The summed E-state index contributed by atoms with van der Waals surface area (Å²) in [5.41, 5.74) is -4.48. The Morgan fingerprint density at radius 2 is 1.84 bits per heavy atom. The molecule has 4 aliphatic rings. The first kappa shape index (κ1) is 35.7. The van der Waals surface area contributed by atoms with Gasteiger partial charge in [-0.2, -0.15) is 13.2 Å². The van der Waals surface area contributed by atoms with Gasteiger partial charge in [-0.05, 0) is 64.2 Å². The SMILES string of the molecule is C[C@@H]1[C@H](C)CC/C=C\[C@@H]2C[C@@]2(C(=O)NS(=O)(=O)C2(CF)CC2)NC(=O)[C@@H]2C[C@@H](I)CN2C(=O)[C@H]1NC(=O)OC(C)(C)C(F)(F)F. The zero-order valence-electron chi connectivity index (χ0n) is 25.4. The highest BCUT2D eigenvalue weighted by Crippen LogP contribution is 2.48. The van der Waals surface area contributed by atoms with Crippen molar-refractivity contribution in [2.24, 2.45) is 17.8 Å². The van der Waals surface area contributed by atoms with Gasteiger partial charge in [0.2, 0.25) is 27.4 Å². The molecule has 2 heterocycles. The fraction of sp³-hybridized carbons (Fsp3) is 0.786. The topological polar surface area (TPSA) is 151 Å². The number of ether oxygens (including phenoxy) is 1. The largest absolute Gasteiger partial charge is 0.434 e. The van der Waals surface area contributed by atoms with Crippen LogP contribution in [0.15, 0.2) is 12.2 Å². The number of alkyl halides is 5. The second-order valence-corrected chi connectivity index (χ2v) is 17.1. The maximum atomic E-state index is 14.0. The minimum absolute atomic E-state index is 0.0675. The summed E-state index contributed by atoms with van der Waals surface area (Å²) in [7, 11) is -4.37. The van der Waals surface area contributed by atoms with Gasteiger partial charge in [0.15, 0.2) is 0 Å². The van der Waals surface area contributed by atoms with Gasteiger partial charge in [0.1, 0.15) is 29.0 Å². The Bertz CT molecular complexity index is 1360. The van der Waals surface area contributed by atoms with Crippen LogP contribution in [0.3, 0.4) is 0 Å². The van der Waals surface area contributed by atoms with Crippen molar-refractivity contribution in [1.29, 1.82) is 0 Å². The van der Waals surface area contributed by atoms with Crippen molar-refractivity contribution in [3.63, 3.8) is 0 Å². The summed E-state index contributed by atoms with van der Waals surface area (Å²) in [6.45, 7) is 3.81. The van der Waals surface area contributed by atoms with Gasteiger partial charge in [-0.3, -0.25) is 19.1 Å². The van der Waals surface area contributed by atoms with Crippen LogP contribution in [0.2, 0.25) is 0 Å². The Morgan fingerprint density at radius 3 is 2.42 bits per heavy atom. The lowest BCUT2D eigenvalue weighted by Gasteiger charge is -2.35. The first-order chi connectivity index (χ1) is 20.7. The molecule has 2 aliphatic carbocycles. The zero-order chi connectivity index (χ0) is 33.8. The molecular formula is C28H39F4IN4O7S. The van der Waals surface area contributed by atoms with E-state index in [2.05, 4.69) is 38.0 Å². The molecule has 45 heavy (non-hydrogen) atoms. The minimum atomic E-state index is -4.87. The van der Waals surface area contributed by atoms with Crippen LogP contribution in [0.5, 0.6) is 0 Å². The molecule has 17 heteroatoms. The van der Waals surface area contributed by atoms with E-state index >= 15 is 0 Å². The Labute approximate surface area is 273 Å². The van der Waals surface area contributed by atoms with E-state index in [0.29, 0.717) is 26.7 Å². The fourth-order valence-corrected chi connectivity index (χ4v) is 8.08. The monoisotopic (exact) mass is 778 g/mol. The number of fused-ring (bicyclic) bond motifs is 2. The Kier molecular flexibility index (Phi) is 9.87. The van der Waals surface area contributed by atoms with Crippen LogP contribution in [0, 0.1) is 17.8 Å². The van der Waals surface area contributed by atoms with Crippen molar-refractivity contribution in [1.82, 2.24) is 20.3 Å². The summed E-state index contributed by atoms with van der Waals surface area (Å²) < 4.78 is 84.2. The summed E-state index contributed by atoms with van der Waals surface area (Å²) in [6, 6.07) is -2.46. The summed E-state index contributed by atoms with van der Waals surface area (Å²) >= 11 is 2.05. The summed E-state index contributed by atoms with van der Waals surface area (Å²) in [6.07, 6.45) is -1.50. The Hall–Kier alpha value is -2.18. The normalized spacial score (nSPS) is 34.4. The van der Waals surface area contributed by atoms with E-state index in [1.54, 1.807) is 19.1 Å². The summed E-state index contributed by atoms with van der Waals surface area (Å²) in [4.78, 5) is 55.2. The number of hydrogen-bond donors (Lipinski definition) is 3. The van der Waals surface area contributed by atoms with Crippen LogP contribution in [0.4, 0.5) is 22.4 Å². The van der Waals surface area contributed by atoms with Crippen LogP contribution < -0.4 is 15.4 Å². The predicted octanol–water partition coefficient (Wildman–Crippen LogP) is 3.27. The molecular weight excluding hydrogens is 739 g/mol. The molecule has 0 radical (unpaired) electrons. The van der Waals surface area contributed by atoms with Crippen molar-refractivity contribution in [2.75, 3.05) is 13.2 Å². The quantitative estimate of drug-likeness (QED) is 0.162. The third-order valence-electron chi connectivity index (χ3n) is 9.60. The van der Waals surface area contributed by atoms with Crippen LogP contribution in [0.25, 0.3) is 0 Å².